The topological polar surface area (TPSA) is 62.2 Å². The first-order valence-electron chi connectivity index (χ1n) is 6.95. The molecule has 0 spiro atoms. The van der Waals surface area contributed by atoms with Gasteiger partial charge in [-0.3, -0.25) is 9.78 Å². The van der Waals surface area contributed by atoms with E-state index in [-0.39, 0.29) is 12.5 Å². The Morgan fingerprint density at radius 2 is 1.90 bits per heavy atom. The molecule has 1 atom stereocenters. The molecule has 21 heavy (non-hydrogen) atoms. The standard InChI is InChI=1S/C17H20N2O2/c1-11-6-4-5-7-14(11)16(20)10-18-17(21)15-9-8-12(2)19-13(15)3/h4-9,16,20H,10H2,1-3H3,(H,18,21). The minimum atomic E-state index is -0.714. The number of nitrogens with one attached hydrogen (secondary N) is 1. The van der Waals surface area contributed by atoms with Gasteiger partial charge >= 0.3 is 0 Å². The number of hydrogen-bond acceptors (Lipinski definition) is 3. The van der Waals surface area contributed by atoms with Crippen molar-refractivity contribution in [1.29, 1.82) is 0 Å². The van der Waals surface area contributed by atoms with Crippen molar-refractivity contribution in [3.05, 3.63) is 64.5 Å². The highest BCUT2D eigenvalue weighted by atomic mass is 16.3. The molecule has 0 aliphatic carbocycles. The van der Waals surface area contributed by atoms with E-state index in [9.17, 15) is 9.90 Å². The molecular weight excluding hydrogens is 264 g/mol. The summed E-state index contributed by atoms with van der Waals surface area (Å²) in [6.45, 7) is 5.81. The Morgan fingerprint density at radius 1 is 1.19 bits per heavy atom. The largest absolute Gasteiger partial charge is 0.387 e. The molecule has 4 nitrogen and oxygen atoms in total. The fourth-order valence-electron chi connectivity index (χ4n) is 2.28. The van der Waals surface area contributed by atoms with Gasteiger partial charge in [-0.05, 0) is 44.0 Å². The van der Waals surface area contributed by atoms with Gasteiger partial charge in [-0.1, -0.05) is 24.3 Å². The quantitative estimate of drug-likeness (QED) is 0.906. The number of hydrogen-bond donors (Lipinski definition) is 2. The lowest BCUT2D eigenvalue weighted by molar-refractivity contribution is 0.0915. The van der Waals surface area contributed by atoms with Crippen LogP contribution in [0.3, 0.4) is 0 Å². The number of carbonyl (C=O) groups is 1. The van der Waals surface area contributed by atoms with Gasteiger partial charge < -0.3 is 10.4 Å². The van der Waals surface area contributed by atoms with Gasteiger partial charge in [0.15, 0.2) is 0 Å². The van der Waals surface area contributed by atoms with Gasteiger partial charge in [-0.2, -0.15) is 0 Å². The average molecular weight is 284 g/mol. The Kier molecular flexibility index (Phi) is 4.70. The van der Waals surface area contributed by atoms with Crippen LogP contribution in [-0.4, -0.2) is 22.5 Å². The summed E-state index contributed by atoms with van der Waals surface area (Å²) in [7, 11) is 0. The molecule has 1 heterocycles. The van der Waals surface area contributed by atoms with E-state index >= 15 is 0 Å². The van der Waals surface area contributed by atoms with Crippen molar-refractivity contribution in [1.82, 2.24) is 10.3 Å². The summed E-state index contributed by atoms with van der Waals surface area (Å²) in [6.07, 6.45) is -0.714. The van der Waals surface area contributed by atoms with Crippen molar-refractivity contribution in [2.24, 2.45) is 0 Å². The molecule has 0 fully saturated rings. The van der Waals surface area contributed by atoms with Crippen LogP contribution in [0.4, 0.5) is 0 Å². The Balaban J connectivity index is 2.02. The van der Waals surface area contributed by atoms with E-state index in [1.165, 1.54) is 0 Å². The third kappa shape index (κ3) is 3.67. The van der Waals surface area contributed by atoms with E-state index < -0.39 is 6.10 Å². The van der Waals surface area contributed by atoms with Gasteiger partial charge in [-0.25, -0.2) is 0 Å². The lowest BCUT2D eigenvalue weighted by atomic mass is 10.0. The monoisotopic (exact) mass is 284 g/mol. The molecule has 0 radical (unpaired) electrons. The molecule has 110 valence electrons. The van der Waals surface area contributed by atoms with Crippen LogP contribution in [0.5, 0.6) is 0 Å². The second kappa shape index (κ2) is 6.50. The number of aliphatic hydroxyl groups excluding tert-OH is 1. The molecule has 2 N–H and O–H groups in total. The first-order chi connectivity index (χ1) is 9.99. The van der Waals surface area contributed by atoms with E-state index in [4.69, 9.17) is 0 Å². The highest BCUT2D eigenvalue weighted by Gasteiger charge is 2.14. The van der Waals surface area contributed by atoms with Gasteiger partial charge in [-0.15, -0.1) is 0 Å². The van der Waals surface area contributed by atoms with Crippen molar-refractivity contribution in [3.8, 4) is 0 Å². The molecule has 0 aliphatic rings. The molecular formula is C17H20N2O2. The van der Waals surface area contributed by atoms with Crippen LogP contribution in [0.25, 0.3) is 0 Å². The number of aliphatic hydroxyl groups is 1. The normalized spacial score (nSPS) is 12.0. The molecule has 0 saturated heterocycles. The third-order valence-electron chi connectivity index (χ3n) is 3.47. The predicted molar refractivity (Wildman–Crippen MR) is 82.2 cm³/mol. The first kappa shape index (κ1) is 15.2. The number of aryl methyl sites for hydroxylation is 3. The van der Waals surface area contributed by atoms with Crippen LogP contribution >= 0.6 is 0 Å². The smallest absolute Gasteiger partial charge is 0.253 e. The summed E-state index contributed by atoms with van der Waals surface area (Å²) in [4.78, 5) is 16.4. The van der Waals surface area contributed by atoms with Crippen molar-refractivity contribution in [2.75, 3.05) is 6.54 Å². The van der Waals surface area contributed by atoms with Crippen molar-refractivity contribution in [2.45, 2.75) is 26.9 Å². The van der Waals surface area contributed by atoms with E-state index in [0.717, 1.165) is 16.8 Å². The Bertz CT molecular complexity index is 653. The minimum Gasteiger partial charge on any atom is -0.387 e. The fraction of sp³-hybridized carbons (Fsp3) is 0.294. The van der Waals surface area contributed by atoms with Gasteiger partial charge in [0.05, 0.1) is 17.4 Å². The number of rotatable bonds is 4. The van der Waals surface area contributed by atoms with Crippen LogP contribution in [0.1, 0.15) is 39.0 Å². The summed E-state index contributed by atoms with van der Waals surface area (Å²) in [5, 5.41) is 12.9. The molecule has 1 aromatic heterocycles. The Hall–Kier alpha value is -2.20. The van der Waals surface area contributed by atoms with Gasteiger partial charge in [0.2, 0.25) is 0 Å². The van der Waals surface area contributed by atoms with Crippen LogP contribution in [0, 0.1) is 20.8 Å². The maximum Gasteiger partial charge on any atom is 0.253 e. The maximum absolute atomic E-state index is 12.1. The molecule has 0 bridgehead atoms. The maximum atomic E-state index is 12.1. The number of aromatic nitrogens is 1. The van der Waals surface area contributed by atoms with Crippen LogP contribution in [0.2, 0.25) is 0 Å². The lowest BCUT2D eigenvalue weighted by Crippen LogP contribution is -2.29. The number of benzene rings is 1. The minimum absolute atomic E-state index is 0.178. The van der Waals surface area contributed by atoms with Gasteiger partial charge in [0.1, 0.15) is 0 Å². The summed E-state index contributed by atoms with van der Waals surface area (Å²) >= 11 is 0. The second-order valence-electron chi connectivity index (χ2n) is 5.17. The summed E-state index contributed by atoms with van der Waals surface area (Å²) in [5.41, 5.74) is 3.95. The van der Waals surface area contributed by atoms with Gasteiger partial charge in [0, 0.05) is 12.2 Å². The molecule has 1 unspecified atom stereocenters. The predicted octanol–water partition coefficient (Wildman–Crippen LogP) is 2.47. The number of nitrogens with zero attached hydrogens (tertiary/aromatic N) is 1. The summed E-state index contributed by atoms with van der Waals surface area (Å²) in [5.74, 6) is -0.215. The third-order valence-corrected chi connectivity index (χ3v) is 3.47. The summed E-state index contributed by atoms with van der Waals surface area (Å²) < 4.78 is 0. The van der Waals surface area contributed by atoms with Crippen LogP contribution in [0.15, 0.2) is 36.4 Å². The SMILES string of the molecule is Cc1ccc(C(=O)NCC(O)c2ccccc2C)c(C)n1. The average Bonchev–Trinajstić information content (AvgIpc) is 2.45. The van der Waals surface area contributed by atoms with Crippen molar-refractivity contribution < 1.29 is 9.90 Å². The number of amides is 1. The van der Waals surface area contributed by atoms with E-state index in [1.807, 2.05) is 38.1 Å². The zero-order chi connectivity index (χ0) is 15.4. The summed E-state index contributed by atoms with van der Waals surface area (Å²) in [6, 6.07) is 11.2. The highest BCUT2D eigenvalue weighted by Crippen LogP contribution is 2.16. The fourth-order valence-corrected chi connectivity index (χ4v) is 2.28. The molecule has 1 aromatic carbocycles. The number of carbonyl (C=O) groups excluding carboxylic acids is 1. The molecule has 2 rings (SSSR count). The Labute approximate surface area is 124 Å². The van der Waals surface area contributed by atoms with E-state index in [2.05, 4.69) is 10.3 Å². The van der Waals surface area contributed by atoms with Crippen molar-refractivity contribution >= 4 is 5.91 Å². The zero-order valence-corrected chi connectivity index (χ0v) is 12.6. The van der Waals surface area contributed by atoms with Crippen LogP contribution < -0.4 is 5.32 Å². The molecule has 0 saturated carbocycles. The van der Waals surface area contributed by atoms with Gasteiger partial charge in [0.25, 0.3) is 5.91 Å². The molecule has 4 heteroatoms. The Morgan fingerprint density at radius 3 is 2.57 bits per heavy atom. The highest BCUT2D eigenvalue weighted by molar-refractivity contribution is 5.95. The van der Waals surface area contributed by atoms with E-state index in [0.29, 0.717) is 11.3 Å². The molecule has 2 aromatic rings. The number of pyridine rings is 1. The molecule has 1 amide bonds. The van der Waals surface area contributed by atoms with Crippen molar-refractivity contribution in [3.63, 3.8) is 0 Å². The second-order valence-corrected chi connectivity index (χ2v) is 5.17. The lowest BCUT2D eigenvalue weighted by Gasteiger charge is -2.15. The van der Waals surface area contributed by atoms with E-state index in [1.54, 1.807) is 19.1 Å². The molecule has 0 aliphatic heterocycles. The first-order valence-corrected chi connectivity index (χ1v) is 6.95. The van der Waals surface area contributed by atoms with Crippen LogP contribution in [-0.2, 0) is 0 Å². The zero-order valence-electron chi connectivity index (χ0n) is 12.6.